The summed E-state index contributed by atoms with van der Waals surface area (Å²) in [7, 11) is -2.29. The zero-order valence-electron chi connectivity index (χ0n) is 17.6. The molecular formula is C22H29N3O4S. The van der Waals surface area contributed by atoms with Gasteiger partial charge in [0.15, 0.2) is 0 Å². The molecule has 7 nitrogen and oxygen atoms in total. The monoisotopic (exact) mass is 431 g/mol. The van der Waals surface area contributed by atoms with Gasteiger partial charge in [0.2, 0.25) is 15.9 Å². The first-order chi connectivity index (χ1) is 14.3. The quantitative estimate of drug-likeness (QED) is 0.702. The molecule has 1 amide bonds. The third-order valence-corrected chi connectivity index (χ3v) is 6.62. The SMILES string of the molecule is COc1ccc(S(=O)(=O)NCc2ccc(N3CCC[C@@H](C)C3)cc2)cc1NC(C)=O. The van der Waals surface area contributed by atoms with Crippen molar-refractivity contribution in [3.63, 3.8) is 0 Å². The Kier molecular flexibility index (Phi) is 6.99. The van der Waals surface area contributed by atoms with Crippen LogP contribution in [0.5, 0.6) is 5.75 Å². The fourth-order valence-electron chi connectivity index (χ4n) is 3.65. The summed E-state index contributed by atoms with van der Waals surface area (Å²) in [5.41, 5.74) is 2.36. The summed E-state index contributed by atoms with van der Waals surface area (Å²) < 4.78 is 33.2. The Bertz CT molecular complexity index is 990. The van der Waals surface area contributed by atoms with E-state index in [2.05, 4.69) is 21.9 Å². The summed E-state index contributed by atoms with van der Waals surface area (Å²) in [5, 5.41) is 2.59. The maximum Gasteiger partial charge on any atom is 0.240 e. The first kappa shape index (κ1) is 22.1. The molecule has 8 heteroatoms. The Morgan fingerprint density at radius 3 is 2.57 bits per heavy atom. The zero-order valence-corrected chi connectivity index (χ0v) is 18.5. The van der Waals surface area contributed by atoms with Crippen LogP contribution in [0.1, 0.15) is 32.3 Å². The van der Waals surface area contributed by atoms with Crippen LogP contribution in [0.4, 0.5) is 11.4 Å². The molecule has 2 aromatic carbocycles. The van der Waals surface area contributed by atoms with Gasteiger partial charge in [0.1, 0.15) is 5.75 Å². The lowest BCUT2D eigenvalue weighted by Gasteiger charge is -2.32. The Morgan fingerprint density at radius 2 is 1.93 bits per heavy atom. The number of nitrogens with one attached hydrogen (secondary N) is 2. The van der Waals surface area contributed by atoms with Crippen molar-refractivity contribution in [3.8, 4) is 5.75 Å². The van der Waals surface area contributed by atoms with E-state index in [4.69, 9.17) is 4.74 Å². The lowest BCUT2D eigenvalue weighted by molar-refractivity contribution is -0.114. The molecule has 2 N–H and O–H groups in total. The van der Waals surface area contributed by atoms with E-state index in [9.17, 15) is 13.2 Å². The Balaban J connectivity index is 1.68. The van der Waals surface area contributed by atoms with Crippen molar-refractivity contribution in [1.29, 1.82) is 0 Å². The van der Waals surface area contributed by atoms with Gasteiger partial charge in [0.25, 0.3) is 0 Å². The summed E-state index contributed by atoms with van der Waals surface area (Å²) in [6.45, 7) is 5.92. The molecule has 0 radical (unpaired) electrons. The van der Waals surface area contributed by atoms with Crippen molar-refractivity contribution < 1.29 is 17.9 Å². The summed E-state index contributed by atoms with van der Waals surface area (Å²) >= 11 is 0. The molecule has 1 aliphatic heterocycles. The van der Waals surface area contributed by atoms with Gasteiger partial charge in [-0.15, -0.1) is 0 Å². The maximum atomic E-state index is 12.7. The van der Waals surface area contributed by atoms with Crippen molar-refractivity contribution in [2.45, 2.75) is 38.1 Å². The highest BCUT2D eigenvalue weighted by atomic mass is 32.2. The van der Waals surface area contributed by atoms with Gasteiger partial charge in [-0.2, -0.15) is 0 Å². The minimum absolute atomic E-state index is 0.0611. The van der Waals surface area contributed by atoms with Crippen molar-refractivity contribution in [1.82, 2.24) is 4.72 Å². The van der Waals surface area contributed by atoms with E-state index in [1.165, 1.54) is 50.8 Å². The van der Waals surface area contributed by atoms with Gasteiger partial charge in [-0.05, 0) is 54.7 Å². The number of carbonyl (C=O) groups is 1. The van der Waals surface area contributed by atoms with Gasteiger partial charge >= 0.3 is 0 Å². The summed E-state index contributed by atoms with van der Waals surface area (Å²) in [6, 6.07) is 12.4. The molecule has 0 saturated carbocycles. The lowest BCUT2D eigenvalue weighted by atomic mass is 9.99. The molecule has 0 unspecified atom stereocenters. The molecule has 0 bridgehead atoms. The summed E-state index contributed by atoms with van der Waals surface area (Å²) in [4.78, 5) is 13.8. The van der Waals surface area contributed by atoms with E-state index in [1.54, 1.807) is 0 Å². The Labute approximate surface area is 178 Å². The minimum Gasteiger partial charge on any atom is -0.495 e. The molecule has 162 valence electrons. The number of hydrogen-bond donors (Lipinski definition) is 2. The van der Waals surface area contributed by atoms with E-state index >= 15 is 0 Å². The van der Waals surface area contributed by atoms with Crippen LogP contribution in [0.3, 0.4) is 0 Å². The third kappa shape index (κ3) is 5.52. The second kappa shape index (κ2) is 9.49. The number of piperidine rings is 1. The molecule has 1 atom stereocenters. The van der Waals surface area contributed by atoms with Crippen LogP contribution in [-0.4, -0.2) is 34.5 Å². The van der Waals surface area contributed by atoms with Crippen LogP contribution in [0.25, 0.3) is 0 Å². The smallest absolute Gasteiger partial charge is 0.240 e. The van der Waals surface area contributed by atoms with Crippen molar-refractivity contribution in [2.75, 3.05) is 30.4 Å². The molecule has 0 aromatic heterocycles. The van der Waals surface area contributed by atoms with E-state index in [1.807, 2.05) is 24.3 Å². The molecule has 2 aromatic rings. The fourth-order valence-corrected chi connectivity index (χ4v) is 4.70. The highest BCUT2D eigenvalue weighted by molar-refractivity contribution is 7.89. The average molecular weight is 432 g/mol. The molecular weight excluding hydrogens is 402 g/mol. The van der Waals surface area contributed by atoms with Crippen molar-refractivity contribution in [2.24, 2.45) is 5.92 Å². The predicted octanol–water partition coefficient (Wildman–Crippen LogP) is 3.37. The number of methoxy groups -OCH3 is 1. The summed E-state index contributed by atoms with van der Waals surface area (Å²) in [5.74, 6) is 0.780. The number of nitrogens with zero attached hydrogens (tertiary/aromatic N) is 1. The fraction of sp³-hybridized carbons (Fsp3) is 0.409. The number of anilines is 2. The molecule has 1 saturated heterocycles. The summed E-state index contributed by atoms with van der Waals surface area (Å²) in [6.07, 6.45) is 2.47. The van der Waals surface area contributed by atoms with Gasteiger partial charge in [0.05, 0.1) is 17.7 Å². The Hall–Kier alpha value is -2.58. The molecule has 0 spiro atoms. The number of hydrogen-bond acceptors (Lipinski definition) is 5. The first-order valence-electron chi connectivity index (χ1n) is 10.1. The van der Waals surface area contributed by atoms with Gasteiger partial charge < -0.3 is 15.0 Å². The predicted molar refractivity (Wildman–Crippen MR) is 118 cm³/mol. The minimum atomic E-state index is -3.75. The van der Waals surface area contributed by atoms with Crippen molar-refractivity contribution in [3.05, 3.63) is 48.0 Å². The van der Waals surface area contributed by atoms with Gasteiger partial charge in [0, 0.05) is 32.2 Å². The lowest BCUT2D eigenvalue weighted by Crippen LogP contribution is -2.34. The number of sulfonamides is 1. The number of benzene rings is 2. The van der Waals surface area contributed by atoms with E-state index in [0.717, 1.165) is 18.7 Å². The van der Waals surface area contributed by atoms with Crippen LogP contribution in [0.15, 0.2) is 47.4 Å². The number of amides is 1. The molecule has 3 rings (SSSR count). The van der Waals surface area contributed by atoms with E-state index < -0.39 is 10.0 Å². The topological polar surface area (TPSA) is 87.7 Å². The standard InChI is InChI=1S/C22H29N3O4S/c1-16-5-4-12-25(15-16)19-8-6-18(7-9-19)14-23-30(27,28)20-10-11-22(29-3)21(13-20)24-17(2)26/h6-11,13,16,23H,4-5,12,14-15H2,1-3H3,(H,24,26)/t16-/m1/s1. The van der Waals surface area contributed by atoms with Gasteiger partial charge in [-0.25, -0.2) is 13.1 Å². The highest BCUT2D eigenvalue weighted by Gasteiger charge is 2.18. The van der Waals surface area contributed by atoms with Crippen LogP contribution >= 0.6 is 0 Å². The average Bonchev–Trinajstić information content (AvgIpc) is 2.72. The second-order valence-corrected chi connectivity index (χ2v) is 9.49. The number of ether oxygens (including phenoxy) is 1. The third-order valence-electron chi connectivity index (χ3n) is 5.22. The second-order valence-electron chi connectivity index (χ2n) is 7.73. The van der Waals surface area contributed by atoms with Crippen LogP contribution in [0, 0.1) is 5.92 Å². The van der Waals surface area contributed by atoms with Crippen LogP contribution < -0.4 is 19.7 Å². The normalized spacial score (nSPS) is 16.9. The molecule has 30 heavy (non-hydrogen) atoms. The number of rotatable bonds is 7. The molecule has 1 fully saturated rings. The Morgan fingerprint density at radius 1 is 1.20 bits per heavy atom. The molecule has 1 aliphatic rings. The molecule has 1 heterocycles. The van der Waals surface area contributed by atoms with Crippen molar-refractivity contribution >= 4 is 27.3 Å². The maximum absolute atomic E-state index is 12.7. The highest BCUT2D eigenvalue weighted by Crippen LogP contribution is 2.28. The number of carbonyl (C=O) groups excluding carboxylic acids is 1. The van der Waals surface area contributed by atoms with E-state index in [-0.39, 0.29) is 17.3 Å². The van der Waals surface area contributed by atoms with Crippen LogP contribution in [-0.2, 0) is 21.4 Å². The first-order valence-corrected chi connectivity index (χ1v) is 11.6. The van der Waals surface area contributed by atoms with Gasteiger partial charge in [-0.3, -0.25) is 4.79 Å². The van der Waals surface area contributed by atoms with Crippen LogP contribution in [0.2, 0.25) is 0 Å². The van der Waals surface area contributed by atoms with E-state index in [0.29, 0.717) is 17.4 Å². The zero-order chi connectivity index (χ0) is 21.7. The van der Waals surface area contributed by atoms with Gasteiger partial charge in [-0.1, -0.05) is 19.1 Å². The molecule has 0 aliphatic carbocycles. The largest absolute Gasteiger partial charge is 0.495 e.